The molecule has 2 aromatic rings. The topological polar surface area (TPSA) is 92.5 Å². The van der Waals surface area contributed by atoms with Gasteiger partial charge in [-0.2, -0.15) is 0 Å². The van der Waals surface area contributed by atoms with Crippen LogP contribution in [0.1, 0.15) is 15.9 Å². The van der Waals surface area contributed by atoms with Crippen LogP contribution in [0.3, 0.4) is 0 Å². The van der Waals surface area contributed by atoms with Crippen molar-refractivity contribution in [3.8, 4) is 0 Å². The highest BCUT2D eigenvalue weighted by atomic mass is 32.2. The van der Waals surface area contributed by atoms with Crippen LogP contribution in [0.15, 0.2) is 47.4 Å². The number of primary amides is 1. The molecule has 23 heavy (non-hydrogen) atoms. The van der Waals surface area contributed by atoms with Gasteiger partial charge in [0.25, 0.3) is 10.0 Å². The van der Waals surface area contributed by atoms with Crippen molar-refractivity contribution < 1.29 is 13.2 Å². The molecular weight excluding hydrogens is 314 g/mol. The molecule has 122 valence electrons. The van der Waals surface area contributed by atoms with Crippen LogP contribution in [0.25, 0.3) is 0 Å². The van der Waals surface area contributed by atoms with Gasteiger partial charge in [-0.05, 0) is 37.3 Å². The predicted octanol–water partition coefficient (Wildman–Crippen LogP) is 1.96. The maximum atomic E-state index is 12.5. The molecule has 0 aliphatic carbocycles. The largest absolute Gasteiger partial charge is 0.376 e. The van der Waals surface area contributed by atoms with E-state index in [4.69, 9.17) is 5.73 Å². The number of anilines is 2. The third-order valence-corrected chi connectivity index (χ3v) is 4.72. The van der Waals surface area contributed by atoms with E-state index in [1.807, 2.05) is 6.92 Å². The molecule has 0 aliphatic heterocycles. The standard InChI is InChI=1S/C16H19N3O3S/c1-11-4-7-13(8-5-11)23(21,22)18-14-10-12(16(17)20)6-9-15(14)19(2)3/h4-10,18H,1-3H3,(H2,17,20). The van der Waals surface area contributed by atoms with Gasteiger partial charge in [0.2, 0.25) is 5.91 Å². The zero-order valence-electron chi connectivity index (χ0n) is 13.2. The second-order valence-electron chi connectivity index (χ2n) is 5.41. The van der Waals surface area contributed by atoms with Crippen LogP contribution in [0.5, 0.6) is 0 Å². The van der Waals surface area contributed by atoms with Crippen LogP contribution in [-0.4, -0.2) is 28.4 Å². The Morgan fingerprint density at radius 2 is 1.70 bits per heavy atom. The highest BCUT2D eigenvalue weighted by Gasteiger charge is 2.17. The third kappa shape index (κ3) is 3.81. The Bertz CT molecular complexity index is 828. The lowest BCUT2D eigenvalue weighted by Gasteiger charge is -2.19. The van der Waals surface area contributed by atoms with Gasteiger partial charge in [-0.25, -0.2) is 8.42 Å². The Balaban J connectivity index is 2.46. The number of sulfonamides is 1. The molecule has 0 saturated heterocycles. The Labute approximate surface area is 136 Å². The number of carbonyl (C=O) groups excluding carboxylic acids is 1. The van der Waals surface area contributed by atoms with E-state index in [0.29, 0.717) is 11.4 Å². The molecule has 7 heteroatoms. The van der Waals surface area contributed by atoms with Crippen LogP contribution in [0, 0.1) is 6.92 Å². The molecule has 0 radical (unpaired) electrons. The summed E-state index contributed by atoms with van der Waals surface area (Å²) in [6, 6.07) is 11.1. The molecule has 0 saturated carbocycles. The molecule has 0 heterocycles. The molecular formula is C16H19N3O3S. The smallest absolute Gasteiger partial charge is 0.261 e. The normalized spacial score (nSPS) is 11.1. The van der Waals surface area contributed by atoms with Gasteiger partial charge in [-0.15, -0.1) is 0 Å². The van der Waals surface area contributed by atoms with Gasteiger partial charge in [-0.1, -0.05) is 17.7 Å². The minimum Gasteiger partial charge on any atom is -0.376 e. The highest BCUT2D eigenvalue weighted by Crippen LogP contribution is 2.28. The van der Waals surface area contributed by atoms with Crippen molar-refractivity contribution in [2.24, 2.45) is 5.73 Å². The number of nitrogens with two attached hydrogens (primary N) is 1. The molecule has 0 spiro atoms. The van der Waals surface area contributed by atoms with Crippen molar-refractivity contribution >= 4 is 27.3 Å². The van der Waals surface area contributed by atoms with Crippen molar-refractivity contribution in [3.63, 3.8) is 0 Å². The van der Waals surface area contributed by atoms with Crippen molar-refractivity contribution in [2.45, 2.75) is 11.8 Å². The van der Waals surface area contributed by atoms with Crippen LogP contribution in [-0.2, 0) is 10.0 Å². The van der Waals surface area contributed by atoms with E-state index >= 15 is 0 Å². The average Bonchev–Trinajstić information content (AvgIpc) is 2.46. The number of amides is 1. The van der Waals surface area contributed by atoms with Crippen LogP contribution in [0.2, 0.25) is 0 Å². The first-order valence-corrected chi connectivity index (χ1v) is 8.39. The number of hydrogen-bond donors (Lipinski definition) is 2. The fraction of sp³-hybridized carbons (Fsp3) is 0.188. The van der Waals surface area contributed by atoms with Gasteiger partial charge >= 0.3 is 0 Å². The lowest BCUT2D eigenvalue weighted by atomic mass is 10.1. The quantitative estimate of drug-likeness (QED) is 0.875. The fourth-order valence-corrected chi connectivity index (χ4v) is 3.15. The average molecular weight is 333 g/mol. The molecule has 0 aromatic heterocycles. The van der Waals surface area contributed by atoms with E-state index in [1.54, 1.807) is 43.3 Å². The summed E-state index contributed by atoms with van der Waals surface area (Å²) in [4.78, 5) is 13.2. The maximum Gasteiger partial charge on any atom is 0.261 e. The van der Waals surface area contributed by atoms with E-state index in [9.17, 15) is 13.2 Å². The number of benzene rings is 2. The Hall–Kier alpha value is -2.54. The molecule has 2 rings (SSSR count). The Morgan fingerprint density at radius 3 is 2.22 bits per heavy atom. The van der Waals surface area contributed by atoms with Crippen molar-refractivity contribution in [2.75, 3.05) is 23.7 Å². The lowest BCUT2D eigenvalue weighted by Crippen LogP contribution is -2.19. The number of rotatable bonds is 5. The predicted molar refractivity (Wildman–Crippen MR) is 91.3 cm³/mol. The summed E-state index contributed by atoms with van der Waals surface area (Å²) in [5.74, 6) is -0.619. The van der Waals surface area contributed by atoms with E-state index < -0.39 is 15.9 Å². The van der Waals surface area contributed by atoms with E-state index in [-0.39, 0.29) is 10.5 Å². The third-order valence-electron chi connectivity index (χ3n) is 3.34. The second kappa shape index (κ2) is 6.29. The summed E-state index contributed by atoms with van der Waals surface area (Å²) >= 11 is 0. The van der Waals surface area contributed by atoms with Crippen LogP contribution >= 0.6 is 0 Å². The minimum absolute atomic E-state index is 0.150. The first-order valence-electron chi connectivity index (χ1n) is 6.91. The van der Waals surface area contributed by atoms with Crippen molar-refractivity contribution in [1.29, 1.82) is 0 Å². The Kier molecular flexibility index (Phi) is 4.60. The van der Waals surface area contributed by atoms with Gasteiger partial charge in [0, 0.05) is 19.7 Å². The number of hydrogen-bond acceptors (Lipinski definition) is 4. The van der Waals surface area contributed by atoms with E-state index in [0.717, 1.165) is 5.56 Å². The summed E-state index contributed by atoms with van der Waals surface area (Å²) < 4.78 is 27.6. The minimum atomic E-state index is -3.76. The number of nitrogens with zero attached hydrogens (tertiary/aromatic N) is 1. The summed E-state index contributed by atoms with van der Waals surface area (Å²) in [6.07, 6.45) is 0. The van der Waals surface area contributed by atoms with Gasteiger partial charge in [0.1, 0.15) is 0 Å². The summed E-state index contributed by atoms with van der Waals surface area (Å²) in [6.45, 7) is 1.88. The van der Waals surface area contributed by atoms with E-state index in [1.165, 1.54) is 18.2 Å². The first-order chi connectivity index (χ1) is 10.7. The summed E-state index contributed by atoms with van der Waals surface area (Å²) in [5.41, 5.74) is 7.40. The zero-order chi connectivity index (χ0) is 17.2. The molecule has 0 atom stereocenters. The lowest BCUT2D eigenvalue weighted by molar-refractivity contribution is 0.100. The van der Waals surface area contributed by atoms with Crippen LogP contribution < -0.4 is 15.4 Å². The maximum absolute atomic E-state index is 12.5. The zero-order valence-corrected chi connectivity index (χ0v) is 14.0. The van der Waals surface area contributed by atoms with E-state index in [2.05, 4.69) is 4.72 Å². The van der Waals surface area contributed by atoms with Crippen molar-refractivity contribution in [1.82, 2.24) is 0 Å². The molecule has 6 nitrogen and oxygen atoms in total. The number of nitrogens with one attached hydrogen (secondary N) is 1. The van der Waals surface area contributed by atoms with Crippen LogP contribution in [0.4, 0.5) is 11.4 Å². The number of aryl methyl sites for hydroxylation is 1. The monoisotopic (exact) mass is 333 g/mol. The summed E-state index contributed by atoms with van der Waals surface area (Å²) in [5, 5.41) is 0. The molecule has 0 aliphatic rings. The Morgan fingerprint density at radius 1 is 1.09 bits per heavy atom. The number of carbonyl (C=O) groups is 1. The first kappa shape index (κ1) is 16.8. The highest BCUT2D eigenvalue weighted by molar-refractivity contribution is 7.92. The molecule has 0 unspecified atom stereocenters. The molecule has 0 bridgehead atoms. The van der Waals surface area contributed by atoms with Crippen molar-refractivity contribution in [3.05, 3.63) is 53.6 Å². The SMILES string of the molecule is Cc1ccc(S(=O)(=O)Nc2cc(C(N)=O)ccc2N(C)C)cc1. The van der Waals surface area contributed by atoms with Gasteiger partial charge in [0.15, 0.2) is 0 Å². The van der Waals surface area contributed by atoms with Gasteiger partial charge < -0.3 is 10.6 Å². The van der Waals surface area contributed by atoms with Gasteiger partial charge in [0.05, 0.1) is 16.3 Å². The van der Waals surface area contributed by atoms with Gasteiger partial charge in [-0.3, -0.25) is 9.52 Å². The molecule has 1 amide bonds. The fourth-order valence-electron chi connectivity index (χ4n) is 2.08. The molecule has 0 fully saturated rings. The molecule has 2 aromatic carbocycles. The molecule has 3 N–H and O–H groups in total. The summed E-state index contributed by atoms with van der Waals surface area (Å²) in [7, 11) is -0.196. The second-order valence-corrected chi connectivity index (χ2v) is 7.09.